The summed E-state index contributed by atoms with van der Waals surface area (Å²) in [6, 6.07) is 5.61. The van der Waals surface area contributed by atoms with E-state index >= 15 is 0 Å². The Morgan fingerprint density at radius 2 is 2.19 bits per heavy atom. The minimum absolute atomic E-state index is 0.137. The molecule has 3 rings (SSSR count). The molecule has 3 heterocycles. The molecule has 0 bridgehead atoms. The molecule has 0 aliphatic heterocycles. The van der Waals surface area contributed by atoms with E-state index in [-0.39, 0.29) is 11.8 Å². The van der Waals surface area contributed by atoms with Crippen LogP contribution in [0.1, 0.15) is 60.9 Å². The number of aryl methyl sites for hydroxylation is 1. The number of carbonyl (C=O) groups excluding carboxylic acids is 1. The van der Waals surface area contributed by atoms with Crippen LogP contribution in [0.25, 0.3) is 5.82 Å². The SMILES string of the molecule is CCc1c(C(=O)NCCCc2nc(C(C)C)no2)cnn1-c1ccccn1. The summed E-state index contributed by atoms with van der Waals surface area (Å²) in [6.07, 6.45) is 5.34. The van der Waals surface area contributed by atoms with E-state index in [0.717, 1.165) is 12.1 Å². The van der Waals surface area contributed by atoms with E-state index in [1.54, 1.807) is 17.1 Å². The van der Waals surface area contributed by atoms with Gasteiger partial charge in [0.1, 0.15) is 0 Å². The molecule has 0 saturated heterocycles. The standard InChI is InChI=1S/C19H24N6O2/c1-4-15-14(12-22-25(15)16-8-5-6-10-20-16)19(26)21-11-7-9-17-23-18(13(2)3)24-27-17/h5-6,8,10,12-13H,4,7,9,11H2,1-3H3,(H,21,26). The maximum absolute atomic E-state index is 12.5. The summed E-state index contributed by atoms with van der Waals surface area (Å²) in [7, 11) is 0. The monoisotopic (exact) mass is 368 g/mol. The average Bonchev–Trinajstić information content (AvgIpc) is 3.32. The third kappa shape index (κ3) is 4.39. The highest BCUT2D eigenvalue weighted by atomic mass is 16.5. The van der Waals surface area contributed by atoms with Crippen LogP contribution in [0, 0.1) is 0 Å². The van der Waals surface area contributed by atoms with Crippen LogP contribution in [0.2, 0.25) is 0 Å². The quantitative estimate of drug-likeness (QED) is 0.614. The average molecular weight is 368 g/mol. The summed E-state index contributed by atoms with van der Waals surface area (Å²) >= 11 is 0. The first-order valence-electron chi connectivity index (χ1n) is 9.19. The summed E-state index contributed by atoms with van der Waals surface area (Å²) in [5, 5.41) is 11.2. The molecule has 142 valence electrons. The normalized spacial score (nSPS) is 11.1. The number of hydrogen-bond donors (Lipinski definition) is 1. The molecule has 27 heavy (non-hydrogen) atoms. The molecular formula is C19H24N6O2. The molecule has 0 atom stereocenters. The summed E-state index contributed by atoms with van der Waals surface area (Å²) in [5.74, 6) is 2.12. The molecule has 8 heteroatoms. The van der Waals surface area contributed by atoms with Gasteiger partial charge in [-0.15, -0.1) is 0 Å². The highest BCUT2D eigenvalue weighted by Gasteiger charge is 2.17. The maximum Gasteiger partial charge on any atom is 0.254 e. The molecular weight excluding hydrogens is 344 g/mol. The van der Waals surface area contributed by atoms with Gasteiger partial charge >= 0.3 is 0 Å². The number of hydrogen-bond acceptors (Lipinski definition) is 6. The Kier molecular flexibility index (Phi) is 5.95. The summed E-state index contributed by atoms with van der Waals surface area (Å²) in [4.78, 5) is 21.2. The molecule has 0 saturated carbocycles. The minimum Gasteiger partial charge on any atom is -0.352 e. The summed E-state index contributed by atoms with van der Waals surface area (Å²) in [6.45, 7) is 6.56. The van der Waals surface area contributed by atoms with E-state index in [1.165, 1.54) is 0 Å². The lowest BCUT2D eigenvalue weighted by atomic mass is 10.2. The predicted octanol–water partition coefficient (Wildman–Crippen LogP) is 2.70. The smallest absolute Gasteiger partial charge is 0.254 e. The number of pyridine rings is 1. The van der Waals surface area contributed by atoms with Gasteiger partial charge in [-0.25, -0.2) is 9.67 Å². The summed E-state index contributed by atoms with van der Waals surface area (Å²) in [5.41, 5.74) is 1.41. The van der Waals surface area contributed by atoms with Gasteiger partial charge in [0.25, 0.3) is 5.91 Å². The van der Waals surface area contributed by atoms with Crippen LogP contribution in [0.3, 0.4) is 0 Å². The number of nitrogens with zero attached hydrogens (tertiary/aromatic N) is 5. The molecule has 1 N–H and O–H groups in total. The summed E-state index contributed by atoms with van der Waals surface area (Å²) < 4.78 is 6.92. The molecule has 0 spiro atoms. The highest BCUT2D eigenvalue weighted by molar-refractivity contribution is 5.95. The fourth-order valence-electron chi connectivity index (χ4n) is 2.72. The third-order valence-corrected chi connectivity index (χ3v) is 4.17. The van der Waals surface area contributed by atoms with Crippen molar-refractivity contribution >= 4 is 5.91 Å². The number of aromatic nitrogens is 5. The van der Waals surface area contributed by atoms with Crippen molar-refractivity contribution < 1.29 is 9.32 Å². The molecule has 3 aromatic heterocycles. The Balaban J connectivity index is 1.57. The second kappa shape index (κ2) is 8.57. The Bertz CT molecular complexity index is 885. The van der Waals surface area contributed by atoms with Crippen LogP contribution in [-0.2, 0) is 12.8 Å². The molecule has 0 radical (unpaired) electrons. The topological polar surface area (TPSA) is 98.7 Å². The number of amides is 1. The van der Waals surface area contributed by atoms with Crippen molar-refractivity contribution in [2.45, 2.75) is 46.0 Å². The zero-order valence-corrected chi connectivity index (χ0v) is 15.8. The number of nitrogens with one attached hydrogen (secondary N) is 1. The van der Waals surface area contributed by atoms with Crippen LogP contribution in [-0.4, -0.2) is 37.4 Å². The molecule has 1 amide bonds. The van der Waals surface area contributed by atoms with Gasteiger partial charge in [0.2, 0.25) is 5.89 Å². The van der Waals surface area contributed by atoms with Crippen molar-refractivity contribution in [2.24, 2.45) is 0 Å². The van der Waals surface area contributed by atoms with Crippen LogP contribution < -0.4 is 5.32 Å². The first kappa shape index (κ1) is 18.8. The van der Waals surface area contributed by atoms with Gasteiger partial charge in [-0.1, -0.05) is 32.0 Å². The van der Waals surface area contributed by atoms with E-state index in [0.29, 0.717) is 42.5 Å². The van der Waals surface area contributed by atoms with Crippen molar-refractivity contribution in [3.05, 3.63) is 53.6 Å². The van der Waals surface area contributed by atoms with Crippen molar-refractivity contribution in [1.82, 2.24) is 30.2 Å². The van der Waals surface area contributed by atoms with Gasteiger partial charge in [0.15, 0.2) is 11.6 Å². The first-order valence-corrected chi connectivity index (χ1v) is 9.19. The van der Waals surface area contributed by atoms with Gasteiger partial charge in [0.05, 0.1) is 17.5 Å². The fraction of sp³-hybridized carbons (Fsp3) is 0.421. The molecule has 3 aromatic rings. The zero-order chi connectivity index (χ0) is 19.2. The second-order valence-corrected chi connectivity index (χ2v) is 6.52. The van der Waals surface area contributed by atoms with Crippen LogP contribution >= 0.6 is 0 Å². The molecule has 0 aliphatic rings. The van der Waals surface area contributed by atoms with Crippen LogP contribution in [0.4, 0.5) is 0 Å². The van der Waals surface area contributed by atoms with Gasteiger partial charge in [-0.2, -0.15) is 10.1 Å². The van der Waals surface area contributed by atoms with E-state index < -0.39 is 0 Å². The first-order chi connectivity index (χ1) is 13.1. The molecule has 0 aromatic carbocycles. The second-order valence-electron chi connectivity index (χ2n) is 6.52. The molecule has 0 aliphatic carbocycles. The Morgan fingerprint density at radius 3 is 2.85 bits per heavy atom. The third-order valence-electron chi connectivity index (χ3n) is 4.17. The van der Waals surface area contributed by atoms with Crippen molar-refractivity contribution in [3.8, 4) is 5.82 Å². The van der Waals surface area contributed by atoms with E-state index in [9.17, 15) is 4.79 Å². The molecule has 0 unspecified atom stereocenters. The lowest BCUT2D eigenvalue weighted by molar-refractivity contribution is 0.0952. The molecule has 0 fully saturated rings. The highest BCUT2D eigenvalue weighted by Crippen LogP contribution is 2.14. The predicted molar refractivity (Wildman–Crippen MR) is 99.8 cm³/mol. The fourth-order valence-corrected chi connectivity index (χ4v) is 2.72. The van der Waals surface area contributed by atoms with Gasteiger partial charge in [0, 0.05) is 25.1 Å². The maximum atomic E-state index is 12.5. The number of rotatable bonds is 8. The van der Waals surface area contributed by atoms with Gasteiger partial charge in [-0.05, 0) is 25.0 Å². The Labute approximate surface area is 158 Å². The van der Waals surface area contributed by atoms with E-state index in [2.05, 4.69) is 25.5 Å². The largest absolute Gasteiger partial charge is 0.352 e. The Hall–Kier alpha value is -3.03. The van der Waals surface area contributed by atoms with Gasteiger partial charge < -0.3 is 9.84 Å². The zero-order valence-electron chi connectivity index (χ0n) is 15.8. The van der Waals surface area contributed by atoms with Crippen LogP contribution in [0.5, 0.6) is 0 Å². The van der Waals surface area contributed by atoms with Crippen molar-refractivity contribution in [2.75, 3.05) is 6.54 Å². The number of carbonyl (C=O) groups is 1. The van der Waals surface area contributed by atoms with Crippen molar-refractivity contribution in [3.63, 3.8) is 0 Å². The van der Waals surface area contributed by atoms with E-state index in [4.69, 9.17) is 4.52 Å². The van der Waals surface area contributed by atoms with Crippen molar-refractivity contribution in [1.29, 1.82) is 0 Å². The van der Waals surface area contributed by atoms with Gasteiger partial charge in [-0.3, -0.25) is 4.79 Å². The van der Waals surface area contributed by atoms with E-state index in [1.807, 2.05) is 39.0 Å². The molecule has 8 nitrogen and oxygen atoms in total. The minimum atomic E-state index is -0.137. The lowest BCUT2D eigenvalue weighted by Gasteiger charge is -2.07. The lowest BCUT2D eigenvalue weighted by Crippen LogP contribution is -2.25. The Morgan fingerprint density at radius 1 is 1.33 bits per heavy atom. The van der Waals surface area contributed by atoms with Crippen LogP contribution in [0.15, 0.2) is 35.1 Å².